The molecule has 1 atom stereocenters. The number of carbonyl (C=O) groups excluding carboxylic acids is 1. The van der Waals surface area contributed by atoms with Crippen molar-refractivity contribution in [3.05, 3.63) is 62.0 Å². The van der Waals surface area contributed by atoms with Crippen molar-refractivity contribution in [2.45, 2.75) is 12.3 Å². The molecule has 2 heterocycles. The number of hydrogen-bond donors (Lipinski definition) is 1. The van der Waals surface area contributed by atoms with Crippen molar-refractivity contribution >= 4 is 11.7 Å². The Morgan fingerprint density at radius 2 is 1.91 bits per heavy atom. The molecule has 114 valence electrons. The highest BCUT2D eigenvalue weighted by molar-refractivity contribution is 5.94. The highest BCUT2D eigenvalue weighted by atomic mass is 19.1. The van der Waals surface area contributed by atoms with Crippen LogP contribution in [0.4, 0.5) is 10.2 Å². The number of nitrogens with one attached hydrogen (secondary N) is 1. The molecule has 1 aromatic carbocycles. The summed E-state index contributed by atoms with van der Waals surface area (Å²) in [5.74, 6) is -1.15. The summed E-state index contributed by atoms with van der Waals surface area (Å²) in [4.78, 5) is 36.4. The van der Waals surface area contributed by atoms with Gasteiger partial charge in [-0.25, -0.2) is 9.18 Å². The Labute approximate surface area is 124 Å². The minimum Gasteiger partial charge on any atom is -0.312 e. The van der Waals surface area contributed by atoms with E-state index in [0.29, 0.717) is 11.1 Å². The molecule has 1 N–H and O–H groups in total. The van der Waals surface area contributed by atoms with Crippen molar-refractivity contribution in [1.29, 1.82) is 0 Å². The summed E-state index contributed by atoms with van der Waals surface area (Å²) in [6.07, 6.45) is 0.0316. The van der Waals surface area contributed by atoms with Crippen molar-refractivity contribution in [2.24, 2.45) is 14.1 Å². The van der Waals surface area contributed by atoms with Gasteiger partial charge in [0.25, 0.3) is 5.56 Å². The second-order valence-electron chi connectivity index (χ2n) is 5.33. The summed E-state index contributed by atoms with van der Waals surface area (Å²) in [5, 5.41) is 2.57. The van der Waals surface area contributed by atoms with Gasteiger partial charge in [-0.3, -0.25) is 18.7 Å². The zero-order valence-electron chi connectivity index (χ0n) is 12.1. The van der Waals surface area contributed by atoms with Crippen LogP contribution < -0.4 is 16.6 Å². The van der Waals surface area contributed by atoms with Gasteiger partial charge in [-0.15, -0.1) is 0 Å². The lowest BCUT2D eigenvalue weighted by Gasteiger charge is -2.27. The molecule has 6 nitrogen and oxygen atoms in total. The maximum Gasteiger partial charge on any atom is 0.332 e. The van der Waals surface area contributed by atoms with Crippen LogP contribution in [0, 0.1) is 5.82 Å². The number of nitrogens with zero attached hydrogens (tertiary/aromatic N) is 2. The molecule has 1 aromatic heterocycles. The topological polar surface area (TPSA) is 73.1 Å². The lowest BCUT2D eigenvalue weighted by atomic mass is 9.86. The van der Waals surface area contributed by atoms with Gasteiger partial charge in [0.2, 0.25) is 5.91 Å². The molecule has 0 saturated heterocycles. The summed E-state index contributed by atoms with van der Waals surface area (Å²) in [5.41, 5.74) is -0.169. The van der Waals surface area contributed by atoms with Crippen molar-refractivity contribution in [1.82, 2.24) is 9.13 Å². The number of halogens is 1. The van der Waals surface area contributed by atoms with Crippen LogP contribution in [-0.2, 0) is 18.9 Å². The van der Waals surface area contributed by atoms with Crippen molar-refractivity contribution < 1.29 is 9.18 Å². The third-order valence-corrected chi connectivity index (χ3v) is 3.95. The number of hydrogen-bond acceptors (Lipinski definition) is 3. The molecule has 0 radical (unpaired) electrons. The van der Waals surface area contributed by atoms with Crippen LogP contribution in [-0.4, -0.2) is 15.0 Å². The van der Waals surface area contributed by atoms with Crippen LogP contribution >= 0.6 is 0 Å². The van der Waals surface area contributed by atoms with Crippen LogP contribution in [0.3, 0.4) is 0 Å². The zero-order chi connectivity index (χ0) is 16.0. The zero-order valence-corrected chi connectivity index (χ0v) is 12.1. The minimum atomic E-state index is -0.579. The minimum absolute atomic E-state index is 0.0316. The molecule has 0 fully saturated rings. The van der Waals surface area contributed by atoms with Gasteiger partial charge >= 0.3 is 5.69 Å². The standard InChI is InChI=1S/C15H14FN3O3/c1-18-13-12(14(21)19(2)15(18)22)10(7-11(20)17-13)8-4-3-5-9(16)6-8/h3-6,10H,7H2,1-2H3,(H,17,20)/t10-/m1/s1. The van der Waals surface area contributed by atoms with E-state index in [-0.39, 0.29) is 18.1 Å². The molecule has 1 aliphatic rings. The highest BCUT2D eigenvalue weighted by Crippen LogP contribution is 2.34. The van der Waals surface area contributed by atoms with Crippen molar-refractivity contribution in [3.8, 4) is 0 Å². The van der Waals surface area contributed by atoms with Gasteiger partial charge in [-0.2, -0.15) is 0 Å². The molecular formula is C15H14FN3O3. The number of rotatable bonds is 1. The van der Waals surface area contributed by atoms with Crippen molar-refractivity contribution in [2.75, 3.05) is 5.32 Å². The normalized spacial score (nSPS) is 17.0. The van der Waals surface area contributed by atoms with E-state index in [1.54, 1.807) is 6.07 Å². The fourth-order valence-corrected chi connectivity index (χ4v) is 2.81. The van der Waals surface area contributed by atoms with Crippen LogP contribution in [0.5, 0.6) is 0 Å². The Morgan fingerprint density at radius 1 is 1.18 bits per heavy atom. The number of fused-ring (bicyclic) bond motifs is 1. The van der Waals surface area contributed by atoms with Crippen LogP contribution in [0.2, 0.25) is 0 Å². The summed E-state index contributed by atoms with van der Waals surface area (Å²) >= 11 is 0. The Balaban J connectivity index is 2.33. The molecule has 2 aromatic rings. The molecule has 1 amide bonds. The Kier molecular flexibility index (Phi) is 3.20. The number of carbonyl (C=O) groups is 1. The van der Waals surface area contributed by atoms with E-state index in [1.807, 2.05) is 0 Å². The van der Waals surface area contributed by atoms with Gasteiger partial charge in [-0.05, 0) is 17.7 Å². The summed E-state index contributed by atoms with van der Waals surface area (Å²) < 4.78 is 15.7. The van der Waals surface area contributed by atoms with E-state index >= 15 is 0 Å². The molecule has 0 unspecified atom stereocenters. The highest BCUT2D eigenvalue weighted by Gasteiger charge is 2.32. The lowest BCUT2D eigenvalue weighted by molar-refractivity contribution is -0.116. The van der Waals surface area contributed by atoms with Gasteiger partial charge in [0.15, 0.2) is 0 Å². The van der Waals surface area contributed by atoms with Crippen LogP contribution in [0.15, 0.2) is 33.9 Å². The van der Waals surface area contributed by atoms with Gasteiger partial charge in [0, 0.05) is 26.4 Å². The van der Waals surface area contributed by atoms with Crippen LogP contribution in [0.25, 0.3) is 0 Å². The first-order valence-corrected chi connectivity index (χ1v) is 6.75. The van der Waals surface area contributed by atoms with E-state index < -0.39 is 23.0 Å². The molecule has 0 saturated carbocycles. The maximum atomic E-state index is 13.5. The number of aromatic nitrogens is 2. The SMILES string of the molecule is Cn1c2c(c(=O)n(C)c1=O)[C@@H](c1cccc(F)c1)CC(=O)N2. The predicted octanol–water partition coefficient (Wildman–Crippen LogP) is 0.697. The molecule has 3 rings (SSSR count). The van der Waals surface area contributed by atoms with Crippen LogP contribution in [0.1, 0.15) is 23.5 Å². The van der Waals surface area contributed by atoms with E-state index in [9.17, 15) is 18.8 Å². The third-order valence-electron chi connectivity index (χ3n) is 3.95. The summed E-state index contributed by atoms with van der Waals surface area (Å²) in [7, 11) is 2.86. The second kappa shape index (κ2) is 4.94. The largest absolute Gasteiger partial charge is 0.332 e. The number of amides is 1. The molecule has 7 heteroatoms. The third kappa shape index (κ3) is 2.05. The predicted molar refractivity (Wildman–Crippen MR) is 78.4 cm³/mol. The quantitative estimate of drug-likeness (QED) is 0.842. The maximum absolute atomic E-state index is 13.5. The molecule has 22 heavy (non-hydrogen) atoms. The average Bonchev–Trinajstić information content (AvgIpc) is 2.50. The molecule has 0 spiro atoms. The van der Waals surface area contributed by atoms with Gasteiger partial charge in [0.1, 0.15) is 11.6 Å². The van der Waals surface area contributed by atoms with Gasteiger partial charge < -0.3 is 5.32 Å². The first-order chi connectivity index (χ1) is 10.4. The van der Waals surface area contributed by atoms with E-state index in [1.165, 1.54) is 36.9 Å². The van der Waals surface area contributed by atoms with Gasteiger partial charge in [0.05, 0.1) is 5.56 Å². The summed E-state index contributed by atoms with van der Waals surface area (Å²) in [6, 6.07) is 5.80. The number of benzene rings is 1. The monoisotopic (exact) mass is 303 g/mol. The fraction of sp³-hybridized carbons (Fsp3) is 0.267. The first-order valence-electron chi connectivity index (χ1n) is 6.75. The Hall–Kier alpha value is -2.70. The Morgan fingerprint density at radius 3 is 2.59 bits per heavy atom. The fourth-order valence-electron chi connectivity index (χ4n) is 2.81. The molecule has 1 aliphatic heterocycles. The van der Waals surface area contributed by atoms with E-state index in [2.05, 4.69) is 5.32 Å². The molecular weight excluding hydrogens is 289 g/mol. The first kappa shape index (κ1) is 14.2. The second-order valence-corrected chi connectivity index (χ2v) is 5.33. The Bertz CT molecular complexity index is 898. The molecule has 0 bridgehead atoms. The van der Waals surface area contributed by atoms with E-state index in [4.69, 9.17) is 0 Å². The molecule has 0 aliphatic carbocycles. The number of anilines is 1. The average molecular weight is 303 g/mol. The van der Waals surface area contributed by atoms with Crippen molar-refractivity contribution in [3.63, 3.8) is 0 Å². The summed E-state index contributed by atoms with van der Waals surface area (Å²) in [6.45, 7) is 0. The van der Waals surface area contributed by atoms with E-state index in [0.717, 1.165) is 4.57 Å². The lowest BCUT2D eigenvalue weighted by Crippen LogP contribution is -2.44. The smallest absolute Gasteiger partial charge is 0.312 e. The van der Waals surface area contributed by atoms with Gasteiger partial charge in [-0.1, -0.05) is 12.1 Å².